The van der Waals surface area contributed by atoms with Gasteiger partial charge in [-0.3, -0.25) is 18.9 Å². The van der Waals surface area contributed by atoms with Crippen LogP contribution in [0, 0.1) is 20.8 Å². The number of rotatable bonds is 8. The van der Waals surface area contributed by atoms with Crippen LogP contribution in [0.3, 0.4) is 0 Å². The molecule has 0 bridgehead atoms. The predicted octanol–water partition coefficient (Wildman–Crippen LogP) is 5.04. The molecule has 1 amide bonds. The number of aryl methyl sites for hydroxylation is 3. The number of pyridine rings is 1. The predicted molar refractivity (Wildman–Crippen MR) is 143 cm³/mol. The Hall–Kier alpha value is -3.01. The van der Waals surface area contributed by atoms with Crippen LogP contribution >= 0.6 is 24.0 Å². The molecule has 0 atom stereocenters. The van der Waals surface area contributed by atoms with Crippen LogP contribution < -0.4 is 10.3 Å². The number of hydrogen-bond donors (Lipinski definition) is 0. The Morgan fingerprint density at radius 2 is 1.89 bits per heavy atom. The lowest BCUT2D eigenvalue weighted by molar-refractivity contribution is -0.122. The Balaban J connectivity index is 1.77. The molecule has 0 N–H and O–H groups in total. The van der Waals surface area contributed by atoms with Crippen molar-refractivity contribution < 1.29 is 14.3 Å². The molecule has 0 radical (unpaired) electrons. The number of aromatic nitrogens is 2. The van der Waals surface area contributed by atoms with Gasteiger partial charge >= 0.3 is 0 Å². The zero-order valence-corrected chi connectivity index (χ0v) is 21.8. The van der Waals surface area contributed by atoms with E-state index in [0.29, 0.717) is 46.8 Å². The summed E-state index contributed by atoms with van der Waals surface area (Å²) in [7, 11) is 0. The lowest BCUT2D eigenvalue weighted by Gasteiger charge is -2.14. The lowest BCUT2D eigenvalue weighted by Crippen LogP contribution is -2.29. The van der Waals surface area contributed by atoms with Crippen LogP contribution in [0.4, 0.5) is 0 Å². The van der Waals surface area contributed by atoms with Crippen LogP contribution in [-0.2, 0) is 9.53 Å². The fourth-order valence-electron chi connectivity index (χ4n) is 3.89. The highest BCUT2D eigenvalue weighted by atomic mass is 32.2. The second-order valence-electron chi connectivity index (χ2n) is 8.33. The first-order chi connectivity index (χ1) is 16.8. The van der Waals surface area contributed by atoms with E-state index in [1.165, 1.54) is 16.2 Å². The summed E-state index contributed by atoms with van der Waals surface area (Å²) in [6, 6.07) is 9.48. The molecule has 4 rings (SSSR count). The van der Waals surface area contributed by atoms with Crippen molar-refractivity contribution in [2.24, 2.45) is 0 Å². The van der Waals surface area contributed by atoms with Crippen LogP contribution in [0.2, 0.25) is 0 Å². The smallest absolute Gasteiger partial charge is 0.269 e. The van der Waals surface area contributed by atoms with Crippen LogP contribution in [0.25, 0.3) is 11.7 Å². The van der Waals surface area contributed by atoms with Gasteiger partial charge in [0.15, 0.2) is 0 Å². The van der Waals surface area contributed by atoms with Crippen LogP contribution in [0.5, 0.6) is 11.6 Å². The molecule has 0 saturated carbocycles. The summed E-state index contributed by atoms with van der Waals surface area (Å²) in [4.78, 5) is 33.2. The van der Waals surface area contributed by atoms with Crippen molar-refractivity contribution in [3.63, 3.8) is 0 Å². The molecule has 1 fully saturated rings. The number of amides is 1. The summed E-state index contributed by atoms with van der Waals surface area (Å²) in [6.45, 7) is 9.40. The normalized spacial score (nSPS) is 15.0. The second kappa shape index (κ2) is 10.7. The average Bonchev–Trinajstić information content (AvgIpc) is 3.06. The first-order valence-corrected chi connectivity index (χ1v) is 12.6. The number of carbonyl (C=O) groups excluding carboxylic acids is 1. The molecule has 0 spiro atoms. The van der Waals surface area contributed by atoms with Crippen molar-refractivity contribution in [2.45, 2.75) is 34.1 Å². The average molecular weight is 510 g/mol. The molecule has 182 valence electrons. The van der Waals surface area contributed by atoms with Gasteiger partial charge in [0.2, 0.25) is 5.88 Å². The number of hydrogen-bond acceptors (Lipinski definition) is 7. The third kappa shape index (κ3) is 5.47. The van der Waals surface area contributed by atoms with Gasteiger partial charge in [0, 0.05) is 26.0 Å². The second-order valence-corrected chi connectivity index (χ2v) is 10.0. The molecule has 3 aromatic rings. The molecule has 35 heavy (non-hydrogen) atoms. The summed E-state index contributed by atoms with van der Waals surface area (Å²) in [6.07, 6.45) is 3.88. The number of thioether (sulfide) groups is 1. The quantitative estimate of drug-likeness (QED) is 0.239. The van der Waals surface area contributed by atoms with Crippen molar-refractivity contribution in [1.29, 1.82) is 0 Å². The van der Waals surface area contributed by atoms with Gasteiger partial charge in [0.25, 0.3) is 11.5 Å². The van der Waals surface area contributed by atoms with Crippen LogP contribution in [0.1, 0.15) is 35.6 Å². The zero-order valence-electron chi connectivity index (χ0n) is 20.2. The number of ether oxygens (including phenoxy) is 2. The van der Waals surface area contributed by atoms with Crippen molar-refractivity contribution >= 4 is 45.9 Å². The number of fused-ring (bicyclic) bond motifs is 1. The highest BCUT2D eigenvalue weighted by Crippen LogP contribution is 2.34. The largest absolute Gasteiger partial charge is 0.438 e. The fraction of sp³-hybridized carbons (Fsp3) is 0.308. The standard InChI is InChI=1S/C26H27N3O4S2/c1-5-32-11-7-10-29-25(31)21(35-26(29)34)15-20-23(33-19-13-16(2)12-17(3)14-19)27-22-18(4)8-6-9-28(22)24(20)30/h6,8-9,12-15H,5,7,10-11H2,1-4H3/b21-15+. The summed E-state index contributed by atoms with van der Waals surface area (Å²) < 4.78 is 13.5. The fourth-order valence-corrected chi connectivity index (χ4v) is 5.18. The van der Waals surface area contributed by atoms with Gasteiger partial charge in [0.05, 0.1) is 4.91 Å². The minimum Gasteiger partial charge on any atom is -0.438 e. The molecule has 1 saturated heterocycles. The highest BCUT2D eigenvalue weighted by molar-refractivity contribution is 8.26. The van der Waals surface area contributed by atoms with E-state index in [1.807, 2.05) is 52.0 Å². The van der Waals surface area contributed by atoms with Crippen LogP contribution in [0.15, 0.2) is 46.2 Å². The summed E-state index contributed by atoms with van der Waals surface area (Å²) in [5.74, 6) is 0.490. The maximum absolute atomic E-state index is 13.5. The van der Waals surface area contributed by atoms with Crippen molar-refractivity contribution in [3.8, 4) is 11.6 Å². The summed E-state index contributed by atoms with van der Waals surface area (Å²) >= 11 is 6.61. The topological polar surface area (TPSA) is 73.1 Å². The van der Waals surface area contributed by atoms with E-state index in [2.05, 4.69) is 4.98 Å². The van der Waals surface area contributed by atoms with Gasteiger partial charge in [0.1, 0.15) is 21.3 Å². The number of nitrogens with zero attached hydrogens (tertiary/aromatic N) is 3. The van der Waals surface area contributed by atoms with E-state index in [-0.39, 0.29) is 22.9 Å². The van der Waals surface area contributed by atoms with Gasteiger partial charge in [-0.25, -0.2) is 0 Å². The molecule has 1 aromatic carbocycles. The summed E-state index contributed by atoms with van der Waals surface area (Å²) in [5.41, 5.74) is 3.27. The monoisotopic (exact) mass is 509 g/mol. The summed E-state index contributed by atoms with van der Waals surface area (Å²) in [5, 5.41) is 0. The van der Waals surface area contributed by atoms with E-state index in [9.17, 15) is 9.59 Å². The van der Waals surface area contributed by atoms with Crippen molar-refractivity contribution in [1.82, 2.24) is 14.3 Å². The molecule has 0 aliphatic carbocycles. The Morgan fingerprint density at radius 3 is 2.60 bits per heavy atom. The van der Waals surface area contributed by atoms with Gasteiger partial charge in [-0.05, 0) is 75.1 Å². The zero-order chi connectivity index (χ0) is 25.1. The van der Waals surface area contributed by atoms with E-state index in [0.717, 1.165) is 16.7 Å². The highest BCUT2D eigenvalue weighted by Gasteiger charge is 2.32. The Kier molecular flexibility index (Phi) is 7.69. The third-order valence-electron chi connectivity index (χ3n) is 5.48. The molecule has 1 aliphatic rings. The molecule has 0 unspecified atom stereocenters. The van der Waals surface area contributed by atoms with E-state index in [1.54, 1.807) is 23.2 Å². The van der Waals surface area contributed by atoms with Gasteiger partial charge in [-0.15, -0.1) is 0 Å². The van der Waals surface area contributed by atoms with Gasteiger partial charge in [-0.1, -0.05) is 36.1 Å². The number of benzene rings is 1. The molecule has 9 heteroatoms. The van der Waals surface area contributed by atoms with E-state index >= 15 is 0 Å². The minimum atomic E-state index is -0.320. The Bertz CT molecular complexity index is 1380. The molecular weight excluding hydrogens is 482 g/mol. The molecule has 2 aromatic heterocycles. The first kappa shape index (κ1) is 25.1. The minimum absolute atomic E-state index is 0.149. The van der Waals surface area contributed by atoms with Gasteiger partial charge < -0.3 is 9.47 Å². The van der Waals surface area contributed by atoms with Crippen molar-refractivity contribution in [2.75, 3.05) is 19.8 Å². The molecule has 7 nitrogen and oxygen atoms in total. The lowest BCUT2D eigenvalue weighted by atomic mass is 10.1. The van der Waals surface area contributed by atoms with Crippen LogP contribution in [-0.4, -0.2) is 44.3 Å². The maximum Gasteiger partial charge on any atom is 0.269 e. The Labute approximate surface area is 213 Å². The first-order valence-electron chi connectivity index (χ1n) is 11.4. The van der Waals surface area contributed by atoms with Crippen molar-refractivity contribution in [3.05, 3.63) is 74.0 Å². The molecule has 1 aliphatic heterocycles. The maximum atomic E-state index is 13.5. The number of carbonyl (C=O) groups is 1. The van der Waals surface area contributed by atoms with E-state index < -0.39 is 0 Å². The third-order valence-corrected chi connectivity index (χ3v) is 6.86. The number of thiocarbonyl (C=S) groups is 1. The van der Waals surface area contributed by atoms with Gasteiger partial charge in [-0.2, -0.15) is 4.98 Å². The molecular formula is C26H27N3O4S2. The SMILES string of the molecule is CCOCCCN1C(=O)/C(=C\c2c(Oc3cc(C)cc(C)c3)nc3c(C)cccn3c2=O)SC1=S. The Morgan fingerprint density at radius 1 is 1.14 bits per heavy atom. The molecule has 3 heterocycles. The van der Waals surface area contributed by atoms with E-state index in [4.69, 9.17) is 21.7 Å².